The first-order valence-electron chi connectivity index (χ1n) is 5.02. The Morgan fingerprint density at radius 2 is 2.31 bits per heavy atom. The highest BCUT2D eigenvalue weighted by atomic mass is 16.5. The molecule has 3 nitrogen and oxygen atoms in total. The smallest absolute Gasteiger partial charge is 0.0589 e. The molecule has 1 rings (SSSR count). The van der Waals surface area contributed by atoms with Crippen LogP contribution in [0.25, 0.3) is 0 Å². The van der Waals surface area contributed by atoms with E-state index >= 15 is 0 Å². The maximum absolute atomic E-state index is 9.24. The third-order valence-electron chi connectivity index (χ3n) is 2.85. The van der Waals surface area contributed by atoms with Gasteiger partial charge in [-0.3, -0.25) is 0 Å². The number of hydrogen-bond donors (Lipinski definition) is 1. The van der Waals surface area contributed by atoms with Gasteiger partial charge in [-0.15, -0.1) is 0 Å². The Labute approximate surface area is 80.7 Å². The molecule has 0 amide bonds. The van der Waals surface area contributed by atoms with Gasteiger partial charge in [0.2, 0.25) is 0 Å². The van der Waals surface area contributed by atoms with Crippen LogP contribution in [0.3, 0.4) is 0 Å². The van der Waals surface area contributed by atoms with Gasteiger partial charge in [0.15, 0.2) is 0 Å². The molecule has 1 atom stereocenters. The van der Waals surface area contributed by atoms with Crippen molar-refractivity contribution in [2.24, 2.45) is 5.41 Å². The minimum absolute atomic E-state index is 0.117. The van der Waals surface area contributed by atoms with Crippen molar-refractivity contribution >= 4 is 0 Å². The fraction of sp³-hybridized carbons (Fsp3) is 1.00. The van der Waals surface area contributed by atoms with Gasteiger partial charge in [-0.25, -0.2) is 0 Å². The quantitative estimate of drug-likeness (QED) is 0.704. The first-order valence-corrected chi connectivity index (χ1v) is 5.02. The number of likely N-dealkylation sites (tertiary alicyclic amines) is 1. The number of rotatable bonds is 4. The fourth-order valence-electron chi connectivity index (χ4n) is 1.97. The highest BCUT2D eigenvalue weighted by molar-refractivity contribution is 4.82. The summed E-state index contributed by atoms with van der Waals surface area (Å²) < 4.78 is 5.04. The molecule has 0 aromatic heterocycles. The summed E-state index contributed by atoms with van der Waals surface area (Å²) in [6.07, 6.45) is 2.34. The molecule has 0 spiro atoms. The van der Waals surface area contributed by atoms with Gasteiger partial charge in [0.05, 0.1) is 6.61 Å². The van der Waals surface area contributed by atoms with E-state index in [4.69, 9.17) is 4.74 Å². The Bertz CT molecular complexity index is 152. The van der Waals surface area contributed by atoms with Crippen molar-refractivity contribution in [2.45, 2.75) is 19.8 Å². The number of piperidine rings is 1. The predicted octanol–water partition coefficient (Wildman–Crippen LogP) is 0.727. The second-order valence-corrected chi connectivity index (χ2v) is 4.34. The summed E-state index contributed by atoms with van der Waals surface area (Å²) in [6, 6.07) is 0. The van der Waals surface area contributed by atoms with Gasteiger partial charge in [-0.05, 0) is 19.4 Å². The SMILES string of the molecule is COCCN1CCCC(C)(CO)C1. The summed E-state index contributed by atoms with van der Waals surface area (Å²) in [4.78, 5) is 2.38. The van der Waals surface area contributed by atoms with Crippen LogP contribution in [-0.4, -0.2) is 50.0 Å². The zero-order valence-electron chi connectivity index (χ0n) is 8.75. The van der Waals surface area contributed by atoms with Crippen molar-refractivity contribution in [3.8, 4) is 0 Å². The molecular formula is C10H21NO2. The number of nitrogens with zero attached hydrogens (tertiary/aromatic N) is 1. The monoisotopic (exact) mass is 187 g/mol. The van der Waals surface area contributed by atoms with Crippen molar-refractivity contribution in [3.63, 3.8) is 0 Å². The van der Waals surface area contributed by atoms with E-state index in [-0.39, 0.29) is 5.41 Å². The highest BCUT2D eigenvalue weighted by Gasteiger charge is 2.29. The highest BCUT2D eigenvalue weighted by Crippen LogP contribution is 2.28. The molecule has 13 heavy (non-hydrogen) atoms. The van der Waals surface area contributed by atoms with Crippen LogP contribution < -0.4 is 0 Å². The summed E-state index contributed by atoms with van der Waals surface area (Å²) in [5.74, 6) is 0. The van der Waals surface area contributed by atoms with Crippen molar-refractivity contribution in [2.75, 3.05) is 40.0 Å². The van der Waals surface area contributed by atoms with E-state index in [2.05, 4.69) is 11.8 Å². The first-order chi connectivity index (χ1) is 6.20. The third kappa shape index (κ3) is 3.25. The van der Waals surface area contributed by atoms with E-state index in [1.54, 1.807) is 7.11 Å². The minimum atomic E-state index is 0.117. The second kappa shape index (κ2) is 4.94. The molecule has 1 unspecified atom stereocenters. The third-order valence-corrected chi connectivity index (χ3v) is 2.85. The van der Waals surface area contributed by atoms with Gasteiger partial charge in [0.25, 0.3) is 0 Å². The van der Waals surface area contributed by atoms with E-state index in [9.17, 15) is 5.11 Å². The second-order valence-electron chi connectivity index (χ2n) is 4.34. The first kappa shape index (κ1) is 11.0. The van der Waals surface area contributed by atoms with Crippen LogP contribution in [0.15, 0.2) is 0 Å². The van der Waals surface area contributed by atoms with Crippen molar-refractivity contribution in [1.82, 2.24) is 4.90 Å². The summed E-state index contributed by atoms with van der Waals surface area (Å²) >= 11 is 0. The van der Waals surface area contributed by atoms with Gasteiger partial charge in [-0.2, -0.15) is 0 Å². The maximum Gasteiger partial charge on any atom is 0.0589 e. The van der Waals surface area contributed by atoms with Crippen molar-refractivity contribution in [1.29, 1.82) is 0 Å². The summed E-state index contributed by atoms with van der Waals surface area (Å²) in [5, 5.41) is 9.24. The van der Waals surface area contributed by atoms with Crippen LogP contribution in [0.4, 0.5) is 0 Å². The van der Waals surface area contributed by atoms with Gasteiger partial charge < -0.3 is 14.7 Å². The molecule has 78 valence electrons. The number of aliphatic hydroxyl groups is 1. The van der Waals surface area contributed by atoms with Gasteiger partial charge >= 0.3 is 0 Å². The average molecular weight is 187 g/mol. The zero-order valence-corrected chi connectivity index (χ0v) is 8.75. The van der Waals surface area contributed by atoms with E-state index < -0.39 is 0 Å². The number of methoxy groups -OCH3 is 1. The molecule has 0 aromatic carbocycles. The normalized spacial score (nSPS) is 30.7. The molecule has 0 aromatic rings. The van der Waals surface area contributed by atoms with Crippen LogP contribution in [0.1, 0.15) is 19.8 Å². The van der Waals surface area contributed by atoms with E-state index in [0.717, 1.165) is 32.7 Å². The zero-order chi connectivity index (χ0) is 9.73. The molecule has 0 saturated carbocycles. The molecule has 1 saturated heterocycles. The average Bonchev–Trinajstić information content (AvgIpc) is 2.15. The molecule has 0 bridgehead atoms. The van der Waals surface area contributed by atoms with Crippen LogP contribution in [0.5, 0.6) is 0 Å². The molecule has 1 aliphatic rings. The van der Waals surface area contributed by atoms with Gasteiger partial charge in [0, 0.05) is 32.2 Å². The fourth-order valence-corrected chi connectivity index (χ4v) is 1.97. The number of ether oxygens (including phenoxy) is 1. The Morgan fingerprint density at radius 3 is 2.92 bits per heavy atom. The van der Waals surface area contributed by atoms with Crippen LogP contribution in [0.2, 0.25) is 0 Å². The Hall–Kier alpha value is -0.120. The largest absolute Gasteiger partial charge is 0.396 e. The van der Waals surface area contributed by atoms with E-state index in [1.807, 2.05) is 0 Å². The van der Waals surface area contributed by atoms with Crippen molar-refractivity contribution < 1.29 is 9.84 Å². The van der Waals surface area contributed by atoms with Gasteiger partial charge in [0.1, 0.15) is 0 Å². The lowest BCUT2D eigenvalue weighted by Crippen LogP contribution is -2.44. The Morgan fingerprint density at radius 1 is 1.54 bits per heavy atom. The minimum Gasteiger partial charge on any atom is -0.396 e. The Kier molecular flexibility index (Phi) is 4.16. The lowest BCUT2D eigenvalue weighted by Gasteiger charge is -2.39. The molecular weight excluding hydrogens is 166 g/mol. The van der Waals surface area contributed by atoms with Crippen LogP contribution in [-0.2, 0) is 4.74 Å². The molecule has 0 radical (unpaired) electrons. The van der Waals surface area contributed by atoms with Crippen LogP contribution >= 0.6 is 0 Å². The summed E-state index contributed by atoms with van der Waals surface area (Å²) in [7, 11) is 1.73. The standard InChI is InChI=1S/C10H21NO2/c1-10(9-12)4-3-5-11(8-10)6-7-13-2/h12H,3-9H2,1-2H3. The Balaban J connectivity index is 2.33. The predicted molar refractivity (Wildman–Crippen MR) is 52.7 cm³/mol. The van der Waals surface area contributed by atoms with E-state index in [0.29, 0.717) is 6.61 Å². The lowest BCUT2D eigenvalue weighted by atomic mass is 9.83. The number of aliphatic hydroxyl groups excluding tert-OH is 1. The number of hydrogen-bond acceptors (Lipinski definition) is 3. The van der Waals surface area contributed by atoms with Gasteiger partial charge in [-0.1, -0.05) is 6.92 Å². The summed E-state index contributed by atoms with van der Waals surface area (Å²) in [6.45, 7) is 6.40. The van der Waals surface area contributed by atoms with Crippen molar-refractivity contribution in [3.05, 3.63) is 0 Å². The molecule has 3 heteroatoms. The lowest BCUT2D eigenvalue weighted by molar-refractivity contribution is 0.0340. The molecule has 1 heterocycles. The van der Waals surface area contributed by atoms with E-state index in [1.165, 1.54) is 6.42 Å². The molecule has 1 N–H and O–H groups in total. The summed E-state index contributed by atoms with van der Waals surface area (Å²) in [5.41, 5.74) is 0.117. The maximum atomic E-state index is 9.24. The topological polar surface area (TPSA) is 32.7 Å². The molecule has 1 fully saturated rings. The molecule has 0 aliphatic carbocycles. The molecule has 1 aliphatic heterocycles. The van der Waals surface area contributed by atoms with Crippen LogP contribution in [0, 0.1) is 5.41 Å².